The molecule has 4 aliphatic rings. The fraction of sp³-hybridized carbons (Fsp3) is 0.500. The molecular formula is C60H70FN7O14. The van der Waals surface area contributed by atoms with Gasteiger partial charge in [-0.1, -0.05) is 57.0 Å². The molecule has 6 N–H and O–H groups in total. The van der Waals surface area contributed by atoms with Crippen molar-refractivity contribution >= 4 is 69.6 Å². The van der Waals surface area contributed by atoms with E-state index >= 15 is 4.39 Å². The fourth-order valence-corrected chi connectivity index (χ4v) is 11.7. The lowest BCUT2D eigenvalue weighted by Crippen LogP contribution is -2.44. The summed E-state index contributed by atoms with van der Waals surface area (Å²) in [6.45, 7) is 4.00. The second-order valence-corrected chi connectivity index (χ2v) is 22.0. The molecule has 2 aromatic carbocycles. The second-order valence-electron chi connectivity index (χ2n) is 22.0. The maximum atomic E-state index is 15.5. The average molecular weight is 1130 g/mol. The Morgan fingerprint density at radius 2 is 1.62 bits per heavy atom. The molecule has 0 radical (unpaired) electrons. The molecule has 5 atom stereocenters. The number of carboxylic acids is 1. The summed E-state index contributed by atoms with van der Waals surface area (Å²) in [6, 6.07) is 10.1. The number of esters is 1. The van der Waals surface area contributed by atoms with E-state index in [4.69, 9.17) is 9.72 Å². The maximum absolute atomic E-state index is 15.5. The number of rotatable bonds is 28. The number of cyclic esters (lactones) is 1. The summed E-state index contributed by atoms with van der Waals surface area (Å²) in [5.41, 5.74) is 1.87. The number of carbonyl (C=O) groups is 10. The van der Waals surface area contributed by atoms with Crippen molar-refractivity contribution in [1.29, 1.82) is 0 Å². The van der Waals surface area contributed by atoms with E-state index in [-0.39, 0.29) is 137 Å². The third kappa shape index (κ3) is 13.7. The average Bonchev–Trinajstić information content (AvgIpc) is 2.27. The topological polar surface area (TPSA) is 307 Å². The van der Waals surface area contributed by atoms with Crippen molar-refractivity contribution in [3.8, 4) is 11.4 Å². The third-order valence-electron chi connectivity index (χ3n) is 16.3. The van der Waals surface area contributed by atoms with E-state index in [2.05, 4.69) is 21.3 Å². The third-order valence-corrected chi connectivity index (χ3v) is 16.3. The Kier molecular flexibility index (Phi) is 19.4. The Labute approximate surface area is 472 Å². The normalized spacial score (nSPS) is 19.0. The highest BCUT2D eigenvalue weighted by Crippen LogP contribution is 2.46. The van der Waals surface area contributed by atoms with Gasteiger partial charge in [-0.2, -0.15) is 0 Å². The fourth-order valence-electron chi connectivity index (χ4n) is 11.7. The molecule has 4 amide bonds. The molecular weight excluding hydrogens is 1060 g/mol. The van der Waals surface area contributed by atoms with E-state index < -0.39 is 77.0 Å². The van der Waals surface area contributed by atoms with Crippen LogP contribution in [0, 0.1) is 24.6 Å². The van der Waals surface area contributed by atoms with Gasteiger partial charge in [0.1, 0.15) is 24.0 Å². The molecule has 2 aromatic heterocycles. The van der Waals surface area contributed by atoms with Gasteiger partial charge < -0.3 is 40.8 Å². The standard InChI is InChI=1S/C60H70FN7O14/c1-4-60(81)41-27-46-56-39(30-68(46)58(79)40(41)32-82-59(60)80)55-43(17-16-37-34(3)42(61)28-45(66-56)54(37)55)64-52(75)21-23-67(31-53(76)77)24-22-62-50(73)20-18-47(70)44(26-35-11-7-5-8-12-35)65-51(74)19-15-36(69)29-63-49(72)14-10-6-9-13-38-48(71)25-33(2)57(38)78/h5,7-8,11-12,27-28,33,38,43-44,81H,4,6,9-10,13-26,29-32H2,1-3H3,(H,62,73)(H,63,72)(H,64,75)(H,65,74)(H,76,77)/t33?,38?,43-,44-,60-/m0/s1. The number of aliphatic hydroxyl groups is 1. The van der Waals surface area contributed by atoms with Gasteiger partial charge in [-0.25, -0.2) is 14.2 Å². The molecule has 0 saturated heterocycles. The smallest absolute Gasteiger partial charge is 0.343 e. The highest BCUT2D eigenvalue weighted by atomic mass is 19.1. The molecule has 2 aliphatic carbocycles. The van der Waals surface area contributed by atoms with Crippen molar-refractivity contribution in [3.05, 3.63) is 97.6 Å². The predicted molar refractivity (Wildman–Crippen MR) is 294 cm³/mol. The van der Waals surface area contributed by atoms with Crippen LogP contribution in [0.25, 0.3) is 22.3 Å². The number of nitrogens with zero attached hydrogens (tertiary/aromatic N) is 3. The number of ether oxygens (including phenoxy) is 1. The number of carbonyl (C=O) groups excluding carboxylic acids is 9. The lowest BCUT2D eigenvalue weighted by molar-refractivity contribution is -0.172. The number of nitrogens with one attached hydrogen (secondary N) is 4. The van der Waals surface area contributed by atoms with Crippen molar-refractivity contribution in [2.75, 3.05) is 32.7 Å². The Balaban J connectivity index is 0.810. The number of ketones is 4. The van der Waals surface area contributed by atoms with Gasteiger partial charge >= 0.3 is 11.9 Å². The summed E-state index contributed by atoms with van der Waals surface area (Å²) in [5.74, 6) is -6.01. The first-order valence-electron chi connectivity index (χ1n) is 28.2. The van der Waals surface area contributed by atoms with Gasteiger partial charge in [-0.05, 0) is 73.8 Å². The zero-order valence-electron chi connectivity index (χ0n) is 46.4. The molecule has 8 rings (SSSR count). The molecule has 4 heterocycles. The van der Waals surface area contributed by atoms with E-state index in [1.807, 2.05) is 0 Å². The van der Waals surface area contributed by atoms with E-state index in [9.17, 15) is 63.0 Å². The maximum Gasteiger partial charge on any atom is 0.343 e. The number of aromatic nitrogens is 2. The number of amides is 4. The Morgan fingerprint density at radius 3 is 2.34 bits per heavy atom. The first-order valence-corrected chi connectivity index (χ1v) is 28.2. The molecule has 82 heavy (non-hydrogen) atoms. The number of unbranched alkanes of at least 4 members (excludes halogenated alkanes) is 2. The van der Waals surface area contributed by atoms with Crippen LogP contribution in [0.1, 0.15) is 142 Å². The summed E-state index contributed by atoms with van der Waals surface area (Å²) in [6.07, 6.45) is 2.45. The molecule has 436 valence electrons. The number of pyridine rings is 2. The molecule has 0 spiro atoms. The number of hydrogen-bond donors (Lipinski definition) is 6. The second kappa shape index (κ2) is 26.4. The van der Waals surface area contributed by atoms with Gasteiger partial charge in [-0.3, -0.25) is 52.8 Å². The number of aryl methyl sites for hydroxylation is 1. The zero-order valence-corrected chi connectivity index (χ0v) is 46.4. The van der Waals surface area contributed by atoms with Crippen molar-refractivity contribution in [3.63, 3.8) is 0 Å². The van der Waals surface area contributed by atoms with Crippen LogP contribution in [0.3, 0.4) is 0 Å². The zero-order chi connectivity index (χ0) is 59.0. The van der Waals surface area contributed by atoms with Gasteiger partial charge in [-0.15, -0.1) is 0 Å². The molecule has 2 unspecified atom stereocenters. The highest BCUT2D eigenvalue weighted by Gasteiger charge is 2.46. The Bertz CT molecular complexity index is 3290. The SMILES string of the molecule is CC[C@@]1(O)C(=O)OCc2c1cc1n(c2=O)Cc2c-1nc1cc(F)c(C)c3c1c2[C@@H](NC(=O)CCN(CCNC(=O)CCC(=O)[C@H](Cc1ccccc1)NC(=O)CCC(=O)CNC(=O)CCCCCC1C(=O)CC(C)C1=O)CC(=O)O)CC3. The molecule has 1 saturated carbocycles. The van der Waals surface area contributed by atoms with Crippen LogP contribution in [0.15, 0.2) is 47.3 Å². The van der Waals surface area contributed by atoms with E-state index in [1.54, 1.807) is 57.2 Å². The summed E-state index contributed by atoms with van der Waals surface area (Å²) in [4.78, 5) is 148. The van der Waals surface area contributed by atoms with Crippen molar-refractivity contribution in [1.82, 2.24) is 35.7 Å². The van der Waals surface area contributed by atoms with Gasteiger partial charge in [0.25, 0.3) is 5.56 Å². The van der Waals surface area contributed by atoms with Crippen molar-refractivity contribution in [2.24, 2.45) is 11.8 Å². The minimum Gasteiger partial charge on any atom is -0.480 e. The number of carboxylic acid groups (broad SMARTS) is 1. The lowest BCUT2D eigenvalue weighted by atomic mass is 9.81. The Hall–Kier alpha value is -7.85. The number of benzene rings is 2. The molecule has 4 aromatic rings. The number of hydrogen-bond acceptors (Lipinski definition) is 15. The van der Waals surface area contributed by atoms with Crippen LogP contribution in [-0.4, -0.2) is 122 Å². The predicted octanol–water partition coefficient (Wildman–Crippen LogP) is 3.81. The minimum atomic E-state index is -2.06. The number of halogens is 1. The summed E-state index contributed by atoms with van der Waals surface area (Å²) in [7, 11) is 0. The molecule has 21 nitrogen and oxygen atoms in total. The van der Waals surface area contributed by atoms with Crippen LogP contribution in [0.4, 0.5) is 4.39 Å². The van der Waals surface area contributed by atoms with E-state index in [0.717, 1.165) is 11.1 Å². The van der Waals surface area contributed by atoms with E-state index in [0.29, 0.717) is 77.5 Å². The Morgan fingerprint density at radius 1 is 0.878 bits per heavy atom. The van der Waals surface area contributed by atoms with Crippen LogP contribution in [0.5, 0.6) is 0 Å². The van der Waals surface area contributed by atoms with Gasteiger partial charge in [0.2, 0.25) is 23.6 Å². The van der Waals surface area contributed by atoms with Gasteiger partial charge in [0, 0.05) is 93.1 Å². The monoisotopic (exact) mass is 1130 g/mol. The van der Waals surface area contributed by atoms with Gasteiger partial charge in [0.05, 0.1) is 60.1 Å². The number of fused-ring (bicyclic) bond motifs is 5. The molecule has 1 fully saturated rings. The van der Waals surface area contributed by atoms with Crippen LogP contribution >= 0.6 is 0 Å². The first-order chi connectivity index (χ1) is 39.2. The van der Waals surface area contributed by atoms with Crippen LogP contribution in [-0.2, 0) is 84.3 Å². The van der Waals surface area contributed by atoms with Crippen molar-refractivity contribution < 1.29 is 67.3 Å². The first kappa shape index (κ1) is 60.3. The largest absolute Gasteiger partial charge is 0.480 e. The molecule has 22 heteroatoms. The molecule has 0 bridgehead atoms. The van der Waals surface area contributed by atoms with Crippen molar-refractivity contribution in [2.45, 2.75) is 148 Å². The summed E-state index contributed by atoms with van der Waals surface area (Å²) in [5, 5.41) is 32.9. The number of Topliss-reactive ketones (excluding diaryl/α,β-unsaturated/α-hetero) is 4. The lowest BCUT2D eigenvalue weighted by Gasteiger charge is -2.31. The van der Waals surface area contributed by atoms with Gasteiger partial charge in [0.15, 0.2) is 17.2 Å². The molecule has 2 aliphatic heterocycles. The number of aliphatic carboxylic acids is 1. The van der Waals surface area contributed by atoms with Crippen LogP contribution in [0.2, 0.25) is 0 Å². The van der Waals surface area contributed by atoms with E-state index in [1.165, 1.54) is 15.5 Å². The summed E-state index contributed by atoms with van der Waals surface area (Å²) >= 11 is 0. The highest BCUT2D eigenvalue weighted by molar-refractivity contribution is 6.09. The summed E-state index contributed by atoms with van der Waals surface area (Å²) < 4.78 is 22.2. The quantitative estimate of drug-likeness (QED) is 0.0236. The minimum absolute atomic E-state index is 0.0160. The van der Waals surface area contributed by atoms with Crippen LogP contribution < -0.4 is 26.8 Å².